The predicted molar refractivity (Wildman–Crippen MR) is 90.8 cm³/mol. The van der Waals surface area contributed by atoms with Gasteiger partial charge in [0, 0.05) is 5.02 Å². The molecule has 2 rings (SSSR count). The lowest BCUT2D eigenvalue weighted by Gasteiger charge is -2.14. The average Bonchev–Trinajstić information content (AvgIpc) is 2.59. The minimum Gasteiger partial charge on any atom is -0.496 e. The van der Waals surface area contributed by atoms with Crippen molar-refractivity contribution in [1.29, 1.82) is 0 Å². The number of alkyl halides is 3. The van der Waals surface area contributed by atoms with Crippen LogP contribution in [0.4, 0.5) is 18.9 Å². The fraction of sp³-hybridized carbons (Fsp3) is 0.176. The van der Waals surface area contributed by atoms with Crippen LogP contribution in [-0.2, 0) is 0 Å². The van der Waals surface area contributed by atoms with Crippen LogP contribution in [0, 0.1) is 0 Å². The topological polar surface area (TPSA) is 67.4 Å². The summed E-state index contributed by atoms with van der Waals surface area (Å²) >= 11 is 5.88. The second-order valence-electron chi connectivity index (χ2n) is 5.14. The first-order valence-electron chi connectivity index (χ1n) is 7.30. The smallest absolute Gasteiger partial charge is 0.405 e. The summed E-state index contributed by atoms with van der Waals surface area (Å²) in [6, 6.07) is 10.1. The zero-order valence-corrected chi connectivity index (χ0v) is 14.2. The summed E-state index contributed by atoms with van der Waals surface area (Å²) in [5.74, 6) is -1.33. The van der Waals surface area contributed by atoms with E-state index >= 15 is 0 Å². The van der Waals surface area contributed by atoms with Crippen molar-refractivity contribution in [2.24, 2.45) is 0 Å². The molecule has 0 bridgehead atoms. The van der Waals surface area contributed by atoms with E-state index in [2.05, 4.69) is 5.32 Å². The third kappa shape index (κ3) is 5.13. The van der Waals surface area contributed by atoms with Crippen LogP contribution in [0.25, 0.3) is 0 Å². The Morgan fingerprint density at radius 3 is 2.42 bits per heavy atom. The first-order valence-corrected chi connectivity index (χ1v) is 7.68. The number of methoxy groups -OCH3 is 1. The zero-order valence-electron chi connectivity index (χ0n) is 13.5. The number of benzene rings is 2. The molecule has 0 atom stereocenters. The molecule has 0 fully saturated rings. The van der Waals surface area contributed by atoms with E-state index in [9.17, 15) is 22.8 Å². The molecule has 0 unspecified atom stereocenters. The van der Waals surface area contributed by atoms with Crippen LogP contribution in [0.5, 0.6) is 5.75 Å². The molecule has 0 aromatic heterocycles. The first-order chi connectivity index (χ1) is 12.2. The molecule has 2 N–H and O–H groups in total. The number of hydrogen-bond donors (Lipinski definition) is 2. The molecule has 2 aromatic carbocycles. The highest BCUT2D eigenvalue weighted by Crippen LogP contribution is 2.25. The summed E-state index contributed by atoms with van der Waals surface area (Å²) in [5, 5.41) is 4.55. The van der Waals surface area contributed by atoms with Crippen LogP contribution in [0.3, 0.4) is 0 Å². The number of rotatable bonds is 5. The van der Waals surface area contributed by atoms with E-state index in [1.54, 1.807) is 5.32 Å². The summed E-state index contributed by atoms with van der Waals surface area (Å²) in [4.78, 5) is 24.5. The lowest BCUT2D eigenvalue weighted by atomic mass is 10.1. The number of ether oxygens (including phenoxy) is 1. The van der Waals surface area contributed by atoms with E-state index < -0.39 is 24.5 Å². The first kappa shape index (κ1) is 19.6. The van der Waals surface area contributed by atoms with Crippen molar-refractivity contribution in [1.82, 2.24) is 5.32 Å². The molecule has 0 saturated carbocycles. The number of nitrogens with one attached hydrogen (secondary N) is 2. The molecule has 0 spiro atoms. The molecular formula is C17H14ClF3N2O3. The molecule has 0 aliphatic rings. The van der Waals surface area contributed by atoms with Gasteiger partial charge in [-0.1, -0.05) is 23.7 Å². The Kier molecular flexibility index (Phi) is 6.10. The van der Waals surface area contributed by atoms with E-state index in [4.69, 9.17) is 16.3 Å². The maximum absolute atomic E-state index is 12.5. The fourth-order valence-electron chi connectivity index (χ4n) is 2.11. The molecule has 138 valence electrons. The van der Waals surface area contributed by atoms with Crippen molar-refractivity contribution in [2.75, 3.05) is 19.0 Å². The van der Waals surface area contributed by atoms with Gasteiger partial charge in [-0.3, -0.25) is 9.59 Å². The summed E-state index contributed by atoms with van der Waals surface area (Å²) in [7, 11) is 1.37. The SMILES string of the molecule is COc1ccc(Cl)cc1C(=O)Nc1ccccc1C(=O)NCC(F)(F)F. The van der Waals surface area contributed by atoms with E-state index in [-0.39, 0.29) is 22.6 Å². The quantitative estimate of drug-likeness (QED) is 0.819. The third-order valence-electron chi connectivity index (χ3n) is 3.28. The van der Waals surface area contributed by atoms with Crippen molar-refractivity contribution in [3.8, 4) is 5.75 Å². The van der Waals surface area contributed by atoms with Crippen LogP contribution in [0.2, 0.25) is 5.02 Å². The van der Waals surface area contributed by atoms with Crippen LogP contribution >= 0.6 is 11.6 Å². The van der Waals surface area contributed by atoms with Gasteiger partial charge in [-0.2, -0.15) is 13.2 Å². The highest BCUT2D eigenvalue weighted by Gasteiger charge is 2.28. The molecule has 2 aromatic rings. The normalized spacial score (nSPS) is 11.0. The molecule has 26 heavy (non-hydrogen) atoms. The van der Waals surface area contributed by atoms with Crippen LogP contribution in [-0.4, -0.2) is 31.6 Å². The van der Waals surface area contributed by atoms with Gasteiger partial charge in [0.15, 0.2) is 0 Å². The lowest BCUT2D eigenvalue weighted by molar-refractivity contribution is -0.123. The van der Waals surface area contributed by atoms with Crippen molar-refractivity contribution < 1.29 is 27.5 Å². The van der Waals surface area contributed by atoms with Crippen molar-refractivity contribution in [3.05, 3.63) is 58.6 Å². The number of para-hydroxylation sites is 1. The summed E-state index contributed by atoms with van der Waals surface area (Å²) < 4.78 is 41.9. The van der Waals surface area contributed by atoms with Crippen LogP contribution < -0.4 is 15.4 Å². The number of hydrogen-bond acceptors (Lipinski definition) is 3. The average molecular weight is 387 g/mol. The van der Waals surface area contributed by atoms with E-state index in [0.717, 1.165) is 0 Å². The molecule has 0 aliphatic heterocycles. The van der Waals surface area contributed by atoms with Gasteiger partial charge in [0.05, 0.1) is 23.9 Å². The second kappa shape index (κ2) is 8.09. The minimum atomic E-state index is -4.54. The van der Waals surface area contributed by atoms with Crippen LogP contribution in [0.15, 0.2) is 42.5 Å². The maximum Gasteiger partial charge on any atom is 0.405 e. The molecule has 0 aliphatic carbocycles. The summed E-state index contributed by atoms with van der Waals surface area (Å²) in [5.41, 5.74) is 0.0656. The van der Waals surface area contributed by atoms with E-state index in [1.807, 2.05) is 0 Å². The van der Waals surface area contributed by atoms with Crippen molar-refractivity contribution in [3.63, 3.8) is 0 Å². The second-order valence-corrected chi connectivity index (χ2v) is 5.58. The van der Waals surface area contributed by atoms with Gasteiger partial charge in [0.1, 0.15) is 12.3 Å². The fourth-order valence-corrected chi connectivity index (χ4v) is 2.29. The summed E-state index contributed by atoms with van der Waals surface area (Å²) in [6.07, 6.45) is -4.54. The Morgan fingerprint density at radius 1 is 1.08 bits per heavy atom. The Hall–Kier alpha value is -2.74. The molecule has 5 nitrogen and oxygen atoms in total. The highest BCUT2D eigenvalue weighted by molar-refractivity contribution is 6.31. The van der Waals surface area contributed by atoms with Gasteiger partial charge in [-0.25, -0.2) is 0 Å². The van der Waals surface area contributed by atoms with Gasteiger partial charge >= 0.3 is 6.18 Å². The maximum atomic E-state index is 12.5. The molecule has 0 saturated heterocycles. The Bertz CT molecular complexity index is 825. The van der Waals surface area contributed by atoms with Gasteiger partial charge in [-0.05, 0) is 30.3 Å². The molecule has 2 amide bonds. The largest absolute Gasteiger partial charge is 0.496 e. The highest BCUT2D eigenvalue weighted by atomic mass is 35.5. The number of anilines is 1. The van der Waals surface area contributed by atoms with Crippen molar-refractivity contribution in [2.45, 2.75) is 6.18 Å². The molecule has 0 heterocycles. The Morgan fingerprint density at radius 2 is 1.77 bits per heavy atom. The van der Waals surface area contributed by atoms with E-state index in [1.165, 1.54) is 49.6 Å². The monoisotopic (exact) mass is 386 g/mol. The number of carbonyl (C=O) groups is 2. The zero-order chi connectivity index (χ0) is 19.3. The number of halogens is 4. The molecule has 0 radical (unpaired) electrons. The minimum absolute atomic E-state index is 0.0548. The number of carbonyl (C=O) groups excluding carboxylic acids is 2. The standard InChI is InChI=1S/C17H14ClF3N2O3/c1-26-14-7-6-10(18)8-12(14)16(25)23-13-5-3-2-4-11(13)15(24)22-9-17(19,20)21/h2-8H,9H2,1H3,(H,22,24)(H,23,25). The van der Waals surface area contributed by atoms with Crippen molar-refractivity contribution >= 4 is 29.1 Å². The Balaban J connectivity index is 2.24. The van der Waals surface area contributed by atoms with Gasteiger partial charge in [-0.15, -0.1) is 0 Å². The van der Waals surface area contributed by atoms with Gasteiger partial charge in [0.25, 0.3) is 11.8 Å². The van der Waals surface area contributed by atoms with Crippen LogP contribution in [0.1, 0.15) is 20.7 Å². The predicted octanol–water partition coefficient (Wildman–Crippen LogP) is 3.89. The molecule has 9 heteroatoms. The van der Waals surface area contributed by atoms with Gasteiger partial charge < -0.3 is 15.4 Å². The Labute approximate surface area is 152 Å². The van der Waals surface area contributed by atoms with Gasteiger partial charge in [0.2, 0.25) is 0 Å². The third-order valence-corrected chi connectivity index (χ3v) is 3.51. The summed E-state index contributed by atoms with van der Waals surface area (Å²) in [6.45, 7) is -1.48. The number of amides is 2. The van der Waals surface area contributed by atoms with E-state index in [0.29, 0.717) is 5.02 Å². The molecular weight excluding hydrogens is 373 g/mol. The lowest BCUT2D eigenvalue weighted by Crippen LogP contribution is -2.34.